The van der Waals surface area contributed by atoms with Crippen molar-refractivity contribution in [2.24, 2.45) is 0 Å². The second kappa shape index (κ2) is 8.25. The van der Waals surface area contributed by atoms with Gasteiger partial charge in [-0.2, -0.15) is 0 Å². The first-order chi connectivity index (χ1) is 9.86. The maximum Gasteiger partial charge on any atom is 0.341 e. The molecule has 0 aromatic heterocycles. The highest BCUT2D eigenvalue weighted by Crippen LogP contribution is 2.15. The van der Waals surface area contributed by atoms with Gasteiger partial charge in [-0.15, -0.1) is 0 Å². The highest BCUT2D eigenvalue weighted by molar-refractivity contribution is 7.84. The van der Waals surface area contributed by atoms with Crippen LogP contribution in [-0.4, -0.2) is 46.0 Å². The predicted molar refractivity (Wildman–Crippen MR) is 80.1 cm³/mol. The molecule has 0 aliphatic carbocycles. The second-order valence-corrected chi connectivity index (χ2v) is 5.93. The number of carbonyl (C=O) groups is 2. The summed E-state index contributed by atoms with van der Waals surface area (Å²) in [5.74, 6) is -0.271. The Morgan fingerprint density at radius 3 is 2.48 bits per heavy atom. The van der Waals surface area contributed by atoms with Gasteiger partial charge in [0.25, 0.3) is 0 Å². The van der Waals surface area contributed by atoms with Crippen LogP contribution in [0.15, 0.2) is 24.3 Å². The van der Waals surface area contributed by atoms with Gasteiger partial charge >= 0.3 is 12.0 Å². The first-order valence-electron chi connectivity index (χ1n) is 6.19. The lowest BCUT2D eigenvalue weighted by atomic mass is 10.3. The van der Waals surface area contributed by atoms with E-state index in [0.29, 0.717) is 17.2 Å². The number of carboxylic acid groups (broad SMARTS) is 1. The molecule has 0 aliphatic heterocycles. The van der Waals surface area contributed by atoms with Gasteiger partial charge in [-0.3, -0.25) is 4.21 Å². The molecule has 2 amide bonds. The average Bonchev–Trinajstić information content (AvgIpc) is 2.36. The zero-order valence-corrected chi connectivity index (χ0v) is 12.6. The molecule has 7 nitrogen and oxygen atoms in total. The molecule has 1 aromatic rings. The van der Waals surface area contributed by atoms with Gasteiger partial charge in [0, 0.05) is 34.5 Å². The summed E-state index contributed by atoms with van der Waals surface area (Å²) in [6.45, 7) is 1.35. The number of anilines is 1. The molecule has 1 rings (SSSR count). The van der Waals surface area contributed by atoms with Crippen LogP contribution in [0.3, 0.4) is 0 Å². The van der Waals surface area contributed by atoms with Gasteiger partial charge in [-0.05, 0) is 31.2 Å². The number of urea groups is 1. The molecule has 0 saturated carbocycles. The summed E-state index contributed by atoms with van der Waals surface area (Å²) in [6, 6.07) is 5.71. The second-order valence-electron chi connectivity index (χ2n) is 4.45. The van der Waals surface area contributed by atoms with Crippen LogP contribution >= 0.6 is 0 Å². The van der Waals surface area contributed by atoms with Gasteiger partial charge in [-0.1, -0.05) is 0 Å². The fourth-order valence-electron chi connectivity index (χ4n) is 1.56. The van der Waals surface area contributed by atoms with Crippen LogP contribution in [0, 0.1) is 0 Å². The third-order valence-corrected chi connectivity index (χ3v) is 3.31. The summed E-state index contributed by atoms with van der Waals surface area (Å²) in [7, 11) is -0.975. The monoisotopic (exact) mass is 314 g/mol. The zero-order chi connectivity index (χ0) is 15.8. The minimum absolute atomic E-state index is 0.200. The molecular formula is C13H18N2O5S. The fourth-order valence-corrected chi connectivity index (χ4v) is 2.35. The minimum Gasteiger partial charge on any atom is -0.482 e. The molecule has 0 heterocycles. The number of hydrogen-bond acceptors (Lipinski definition) is 4. The molecule has 0 aliphatic rings. The number of amides is 2. The van der Waals surface area contributed by atoms with Crippen LogP contribution in [0.25, 0.3) is 0 Å². The molecule has 2 atom stereocenters. The largest absolute Gasteiger partial charge is 0.482 e. The molecule has 3 N–H and O–H groups in total. The normalized spacial score (nSPS) is 13.0. The van der Waals surface area contributed by atoms with E-state index in [9.17, 15) is 13.8 Å². The molecule has 0 saturated heterocycles. The van der Waals surface area contributed by atoms with Gasteiger partial charge < -0.3 is 20.5 Å². The topological polar surface area (TPSA) is 105 Å². The van der Waals surface area contributed by atoms with Crippen LogP contribution in [0.1, 0.15) is 6.92 Å². The fraction of sp³-hybridized carbons (Fsp3) is 0.385. The van der Waals surface area contributed by atoms with E-state index in [1.54, 1.807) is 37.4 Å². The molecular weight excluding hydrogens is 296 g/mol. The van der Waals surface area contributed by atoms with Crippen molar-refractivity contribution in [3.8, 4) is 5.75 Å². The lowest BCUT2D eigenvalue weighted by Crippen LogP contribution is -2.39. The van der Waals surface area contributed by atoms with Crippen molar-refractivity contribution in [3.05, 3.63) is 24.3 Å². The molecule has 1 aromatic carbocycles. The van der Waals surface area contributed by atoms with E-state index in [1.807, 2.05) is 0 Å². The van der Waals surface area contributed by atoms with Gasteiger partial charge in [0.05, 0.1) is 0 Å². The van der Waals surface area contributed by atoms with Crippen molar-refractivity contribution in [2.45, 2.75) is 13.0 Å². The Kier molecular flexibility index (Phi) is 6.67. The zero-order valence-electron chi connectivity index (χ0n) is 11.8. The average molecular weight is 314 g/mol. The maximum atomic E-state index is 11.7. The van der Waals surface area contributed by atoms with E-state index < -0.39 is 29.4 Å². The first-order valence-corrected chi connectivity index (χ1v) is 7.91. The summed E-state index contributed by atoms with van der Waals surface area (Å²) in [5, 5.41) is 13.8. The highest BCUT2D eigenvalue weighted by atomic mass is 32.2. The lowest BCUT2D eigenvalue weighted by molar-refractivity contribution is -0.139. The van der Waals surface area contributed by atoms with E-state index in [0.717, 1.165) is 0 Å². The molecule has 21 heavy (non-hydrogen) atoms. The maximum absolute atomic E-state index is 11.7. The Balaban J connectivity index is 2.45. The van der Waals surface area contributed by atoms with E-state index in [-0.39, 0.29) is 6.04 Å². The van der Waals surface area contributed by atoms with Crippen molar-refractivity contribution in [1.29, 1.82) is 0 Å². The Hall–Kier alpha value is -2.09. The molecule has 0 radical (unpaired) electrons. The lowest BCUT2D eigenvalue weighted by Gasteiger charge is -2.13. The molecule has 116 valence electrons. The van der Waals surface area contributed by atoms with E-state index >= 15 is 0 Å². The standard InChI is InChI=1S/C13H18N2O5S/c1-9(8-21(2)19)14-13(18)15-10-3-5-11(6-4-10)20-7-12(16)17/h3-6,9H,7-8H2,1-2H3,(H,16,17)(H2,14,15,18). The number of hydrogen-bond donors (Lipinski definition) is 3. The minimum atomic E-state index is -1.06. The molecule has 0 fully saturated rings. The molecule has 8 heteroatoms. The molecule has 0 bridgehead atoms. The summed E-state index contributed by atoms with van der Waals surface area (Å²) >= 11 is 0. The summed E-state index contributed by atoms with van der Waals surface area (Å²) < 4.78 is 16.0. The summed E-state index contributed by atoms with van der Waals surface area (Å²) in [5.41, 5.74) is 0.542. The SMILES string of the molecule is CC(CS(C)=O)NC(=O)Nc1ccc(OCC(=O)O)cc1. The summed E-state index contributed by atoms with van der Waals surface area (Å²) in [6.07, 6.45) is 1.58. The predicted octanol–water partition coefficient (Wildman–Crippen LogP) is 1.04. The third-order valence-electron chi connectivity index (χ3n) is 2.34. The van der Waals surface area contributed by atoms with E-state index in [4.69, 9.17) is 9.84 Å². The Morgan fingerprint density at radius 2 is 1.95 bits per heavy atom. The summed E-state index contributed by atoms with van der Waals surface area (Å²) in [4.78, 5) is 22.0. The van der Waals surface area contributed by atoms with Crippen LogP contribution < -0.4 is 15.4 Å². The van der Waals surface area contributed by atoms with Crippen molar-refractivity contribution >= 4 is 28.5 Å². The molecule has 0 spiro atoms. The van der Waals surface area contributed by atoms with Crippen molar-refractivity contribution in [1.82, 2.24) is 5.32 Å². The van der Waals surface area contributed by atoms with Gasteiger partial charge in [-0.25, -0.2) is 9.59 Å². The van der Waals surface area contributed by atoms with Crippen molar-refractivity contribution < 1.29 is 23.6 Å². The first kappa shape index (κ1) is 17.0. The number of nitrogens with one attached hydrogen (secondary N) is 2. The van der Waals surface area contributed by atoms with Gasteiger partial charge in [0.1, 0.15) is 5.75 Å². The molecule has 2 unspecified atom stereocenters. The quantitative estimate of drug-likeness (QED) is 0.697. The third kappa shape index (κ3) is 7.31. The Labute approximate surface area is 125 Å². The van der Waals surface area contributed by atoms with Crippen LogP contribution in [0.5, 0.6) is 5.75 Å². The van der Waals surface area contributed by atoms with Crippen molar-refractivity contribution in [2.75, 3.05) is 23.9 Å². The number of carbonyl (C=O) groups excluding carboxylic acids is 1. The van der Waals surface area contributed by atoms with E-state index in [2.05, 4.69) is 10.6 Å². The number of carboxylic acids is 1. The van der Waals surface area contributed by atoms with Gasteiger partial charge in [0.2, 0.25) is 0 Å². The van der Waals surface area contributed by atoms with E-state index in [1.165, 1.54) is 0 Å². The van der Waals surface area contributed by atoms with Crippen LogP contribution in [0.2, 0.25) is 0 Å². The van der Waals surface area contributed by atoms with Crippen molar-refractivity contribution in [3.63, 3.8) is 0 Å². The Bertz CT molecular complexity index is 518. The number of ether oxygens (including phenoxy) is 1. The number of aliphatic carboxylic acids is 1. The van der Waals surface area contributed by atoms with Crippen LogP contribution in [-0.2, 0) is 15.6 Å². The number of benzene rings is 1. The number of rotatable bonds is 7. The Morgan fingerprint density at radius 1 is 1.33 bits per heavy atom. The smallest absolute Gasteiger partial charge is 0.341 e. The van der Waals surface area contributed by atoms with Crippen LogP contribution in [0.4, 0.5) is 10.5 Å². The highest BCUT2D eigenvalue weighted by Gasteiger charge is 2.09. The van der Waals surface area contributed by atoms with Gasteiger partial charge in [0.15, 0.2) is 6.61 Å².